The molecule has 8 nitrogen and oxygen atoms in total. The second-order valence-electron chi connectivity index (χ2n) is 7.56. The molecule has 0 atom stereocenters. The summed E-state index contributed by atoms with van der Waals surface area (Å²) >= 11 is 0. The largest absolute Gasteiger partial charge is 0.461 e. The molecule has 1 aromatic heterocycles. The number of H-pyrrole nitrogens is 1. The number of nitrogens with zero attached hydrogens (tertiary/aromatic N) is 1. The summed E-state index contributed by atoms with van der Waals surface area (Å²) in [6.07, 6.45) is 3.67. The molecule has 1 aliphatic heterocycles. The van der Waals surface area contributed by atoms with Gasteiger partial charge >= 0.3 is 11.9 Å². The number of piperidine rings is 1. The number of amides is 1. The van der Waals surface area contributed by atoms with Gasteiger partial charge in [-0.25, -0.2) is 9.59 Å². The molecule has 8 heteroatoms. The van der Waals surface area contributed by atoms with Crippen molar-refractivity contribution in [3.63, 3.8) is 0 Å². The van der Waals surface area contributed by atoms with E-state index in [0.29, 0.717) is 16.9 Å². The van der Waals surface area contributed by atoms with Gasteiger partial charge in [0.25, 0.3) is 5.91 Å². The number of aromatic amines is 1. The number of hydrogen-bond acceptors (Lipinski definition) is 6. The monoisotopic (exact) mass is 427 g/mol. The molecule has 1 aromatic carbocycles. The summed E-state index contributed by atoms with van der Waals surface area (Å²) < 4.78 is 10.1. The predicted molar refractivity (Wildman–Crippen MR) is 118 cm³/mol. The van der Waals surface area contributed by atoms with Crippen LogP contribution in [0, 0.1) is 13.8 Å². The molecule has 0 aliphatic carbocycles. The molecule has 0 bridgehead atoms. The molecule has 3 rings (SSSR count). The zero-order valence-electron chi connectivity index (χ0n) is 18.2. The van der Waals surface area contributed by atoms with Gasteiger partial charge in [0.1, 0.15) is 5.69 Å². The van der Waals surface area contributed by atoms with E-state index in [2.05, 4.69) is 15.2 Å². The number of hydrogen-bond donors (Lipinski definition) is 2. The summed E-state index contributed by atoms with van der Waals surface area (Å²) in [6, 6.07) is 7.65. The van der Waals surface area contributed by atoms with Gasteiger partial charge in [0.2, 0.25) is 0 Å². The zero-order chi connectivity index (χ0) is 22.4. The van der Waals surface area contributed by atoms with Crippen molar-refractivity contribution in [2.24, 2.45) is 0 Å². The first-order chi connectivity index (χ1) is 14.9. The highest BCUT2D eigenvalue weighted by atomic mass is 16.5. The van der Waals surface area contributed by atoms with Gasteiger partial charge in [-0.1, -0.05) is 0 Å². The molecule has 1 aliphatic rings. The standard InChI is InChI=1S/C23H29N3O5/c1-4-30-23(29)21-15(2)20(16(3)24-21)22(28)31-14-19(27)25-17-8-10-18(11-9-17)26-12-6-5-7-13-26/h8-11,24H,4-7,12-14H2,1-3H3,(H,25,27). The van der Waals surface area contributed by atoms with E-state index in [0.717, 1.165) is 18.8 Å². The Bertz CT molecular complexity index is 943. The first-order valence-electron chi connectivity index (χ1n) is 10.6. The van der Waals surface area contributed by atoms with Crippen molar-refractivity contribution >= 4 is 29.2 Å². The Hall–Kier alpha value is -3.29. The number of carbonyl (C=O) groups is 3. The fourth-order valence-electron chi connectivity index (χ4n) is 3.77. The molecule has 0 unspecified atom stereocenters. The maximum atomic E-state index is 12.5. The van der Waals surface area contributed by atoms with Crippen LogP contribution in [0.15, 0.2) is 24.3 Å². The number of aryl methyl sites for hydroxylation is 1. The van der Waals surface area contributed by atoms with Crippen molar-refractivity contribution in [3.05, 3.63) is 46.8 Å². The summed E-state index contributed by atoms with van der Waals surface area (Å²) in [5, 5.41) is 2.73. The molecule has 1 amide bonds. The Morgan fingerprint density at radius 1 is 1.00 bits per heavy atom. The lowest BCUT2D eigenvalue weighted by atomic mass is 10.1. The number of nitrogens with one attached hydrogen (secondary N) is 2. The minimum Gasteiger partial charge on any atom is -0.461 e. The second kappa shape index (κ2) is 10.1. The zero-order valence-corrected chi connectivity index (χ0v) is 18.2. The van der Waals surface area contributed by atoms with Gasteiger partial charge in [0.05, 0.1) is 12.2 Å². The number of benzene rings is 1. The van der Waals surface area contributed by atoms with Gasteiger partial charge in [-0.2, -0.15) is 0 Å². The highest BCUT2D eigenvalue weighted by molar-refractivity contribution is 6.00. The van der Waals surface area contributed by atoms with E-state index in [9.17, 15) is 14.4 Å². The average Bonchev–Trinajstić information content (AvgIpc) is 3.07. The van der Waals surface area contributed by atoms with Crippen LogP contribution >= 0.6 is 0 Å². The number of ether oxygens (including phenoxy) is 2. The predicted octanol–water partition coefficient (Wildman–Crippen LogP) is 3.59. The normalized spacial score (nSPS) is 13.6. The fraction of sp³-hybridized carbons (Fsp3) is 0.435. The Kier molecular flexibility index (Phi) is 7.33. The summed E-state index contributed by atoms with van der Waals surface area (Å²) in [6.45, 7) is 6.92. The molecular weight excluding hydrogens is 398 g/mol. The first kappa shape index (κ1) is 22.4. The van der Waals surface area contributed by atoms with Crippen LogP contribution in [0.25, 0.3) is 0 Å². The molecule has 1 fully saturated rings. The molecular formula is C23H29N3O5. The lowest BCUT2D eigenvalue weighted by Crippen LogP contribution is -2.29. The molecule has 0 spiro atoms. The van der Waals surface area contributed by atoms with Crippen molar-refractivity contribution < 1.29 is 23.9 Å². The third kappa shape index (κ3) is 5.45. The molecule has 0 saturated carbocycles. The van der Waals surface area contributed by atoms with E-state index in [1.807, 2.05) is 24.3 Å². The Morgan fingerprint density at radius 3 is 2.32 bits per heavy atom. The van der Waals surface area contributed by atoms with Crippen molar-refractivity contribution in [1.82, 2.24) is 4.98 Å². The lowest BCUT2D eigenvalue weighted by Gasteiger charge is -2.28. The maximum Gasteiger partial charge on any atom is 0.355 e. The van der Waals surface area contributed by atoms with Gasteiger partial charge in [0.15, 0.2) is 6.61 Å². The molecule has 166 valence electrons. The van der Waals surface area contributed by atoms with E-state index >= 15 is 0 Å². The second-order valence-corrected chi connectivity index (χ2v) is 7.56. The third-order valence-corrected chi connectivity index (χ3v) is 5.33. The lowest BCUT2D eigenvalue weighted by molar-refractivity contribution is -0.119. The van der Waals surface area contributed by atoms with Crippen LogP contribution in [-0.2, 0) is 14.3 Å². The molecule has 31 heavy (non-hydrogen) atoms. The minimum atomic E-state index is -0.669. The van der Waals surface area contributed by atoms with Gasteiger partial charge in [0, 0.05) is 30.2 Å². The number of aromatic nitrogens is 1. The van der Waals surface area contributed by atoms with E-state index in [4.69, 9.17) is 9.47 Å². The van der Waals surface area contributed by atoms with E-state index < -0.39 is 24.5 Å². The summed E-state index contributed by atoms with van der Waals surface area (Å²) in [5.74, 6) is -1.64. The van der Waals surface area contributed by atoms with Crippen LogP contribution < -0.4 is 10.2 Å². The minimum absolute atomic E-state index is 0.213. The fourth-order valence-corrected chi connectivity index (χ4v) is 3.77. The van der Waals surface area contributed by atoms with Crippen LogP contribution in [0.3, 0.4) is 0 Å². The number of carbonyl (C=O) groups excluding carboxylic acids is 3. The van der Waals surface area contributed by atoms with E-state index in [1.54, 1.807) is 20.8 Å². The van der Waals surface area contributed by atoms with Gasteiger partial charge in [-0.05, 0) is 69.9 Å². The summed E-state index contributed by atoms with van der Waals surface area (Å²) in [5.41, 5.74) is 3.15. The van der Waals surface area contributed by atoms with Gasteiger partial charge in [-0.3, -0.25) is 4.79 Å². The van der Waals surface area contributed by atoms with Crippen molar-refractivity contribution in [2.45, 2.75) is 40.0 Å². The van der Waals surface area contributed by atoms with Crippen LogP contribution in [0.1, 0.15) is 58.3 Å². The van der Waals surface area contributed by atoms with Gasteiger partial charge in [-0.15, -0.1) is 0 Å². The van der Waals surface area contributed by atoms with Crippen molar-refractivity contribution in [2.75, 3.05) is 36.5 Å². The first-order valence-corrected chi connectivity index (χ1v) is 10.6. The molecule has 1 saturated heterocycles. The molecule has 2 heterocycles. The van der Waals surface area contributed by atoms with Crippen molar-refractivity contribution in [3.8, 4) is 0 Å². The van der Waals surface area contributed by atoms with E-state index in [-0.39, 0.29) is 17.9 Å². The quantitative estimate of drug-likeness (QED) is 0.655. The summed E-state index contributed by atoms with van der Waals surface area (Å²) in [7, 11) is 0. The van der Waals surface area contributed by atoms with Crippen LogP contribution in [0.4, 0.5) is 11.4 Å². The van der Waals surface area contributed by atoms with Crippen molar-refractivity contribution in [1.29, 1.82) is 0 Å². The van der Waals surface area contributed by atoms with E-state index in [1.165, 1.54) is 19.3 Å². The average molecular weight is 428 g/mol. The Labute approximate surface area is 181 Å². The number of anilines is 2. The SMILES string of the molecule is CCOC(=O)c1[nH]c(C)c(C(=O)OCC(=O)Nc2ccc(N3CCCCC3)cc2)c1C. The molecule has 2 N–H and O–H groups in total. The molecule has 2 aromatic rings. The Morgan fingerprint density at radius 2 is 1.68 bits per heavy atom. The van der Waals surface area contributed by atoms with Crippen LogP contribution in [-0.4, -0.2) is 49.1 Å². The van der Waals surface area contributed by atoms with Crippen LogP contribution in [0.2, 0.25) is 0 Å². The van der Waals surface area contributed by atoms with Gasteiger partial charge < -0.3 is 24.7 Å². The highest BCUT2D eigenvalue weighted by Crippen LogP contribution is 2.22. The summed E-state index contributed by atoms with van der Waals surface area (Å²) in [4.78, 5) is 41.9. The Balaban J connectivity index is 1.55. The highest BCUT2D eigenvalue weighted by Gasteiger charge is 2.24. The maximum absolute atomic E-state index is 12.5. The molecule has 0 radical (unpaired) electrons. The third-order valence-electron chi connectivity index (χ3n) is 5.33. The number of esters is 2. The number of rotatable bonds is 7. The smallest absolute Gasteiger partial charge is 0.355 e. The topological polar surface area (TPSA) is 101 Å². The van der Waals surface area contributed by atoms with Crippen LogP contribution in [0.5, 0.6) is 0 Å².